The lowest BCUT2D eigenvalue weighted by Crippen LogP contribution is -2.56. The number of alkyl halides is 1. The van der Waals surface area contributed by atoms with Crippen LogP contribution in [0, 0.1) is 5.82 Å². The number of rotatable bonds is 5. The van der Waals surface area contributed by atoms with E-state index in [-0.39, 0.29) is 43.4 Å². The van der Waals surface area contributed by atoms with Crippen molar-refractivity contribution in [3.8, 4) is 0 Å². The van der Waals surface area contributed by atoms with Crippen molar-refractivity contribution in [3.05, 3.63) is 35.8 Å². The molecule has 8 heteroatoms. The van der Waals surface area contributed by atoms with Crippen LogP contribution in [0.4, 0.5) is 13.6 Å². The standard InChI is InChI=1S/C19H22F2N4O2/c20-13-1-4-18-12(5-13)6-15(23-18)8-22-19(27)25(16-2-3-16)17-7-14(21)9-24(10-17)11-26/h1,4-6,11,14,16-17,23H,2-3,7-10H2,(H,22,27). The molecule has 2 unspecified atom stereocenters. The van der Waals surface area contributed by atoms with Crippen LogP contribution < -0.4 is 5.32 Å². The third-order valence-corrected chi connectivity index (χ3v) is 5.19. The number of carbonyl (C=O) groups excluding carboxylic acids is 2. The Labute approximate surface area is 155 Å². The predicted molar refractivity (Wildman–Crippen MR) is 96.3 cm³/mol. The van der Waals surface area contributed by atoms with Gasteiger partial charge in [-0.25, -0.2) is 13.6 Å². The van der Waals surface area contributed by atoms with Gasteiger partial charge in [0.15, 0.2) is 0 Å². The van der Waals surface area contributed by atoms with Crippen molar-refractivity contribution in [1.29, 1.82) is 0 Å². The fourth-order valence-corrected chi connectivity index (χ4v) is 3.84. The van der Waals surface area contributed by atoms with Crippen LogP contribution in [-0.4, -0.2) is 58.6 Å². The molecule has 2 atom stereocenters. The lowest BCUT2D eigenvalue weighted by atomic mass is 10.0. The molecule has 1 aliphatic carbocycles. The summed E-state index contributed by atoms with van der Waals surface area (Å²) in [6.45, 7) is 0.715. The summed E-state index contributed by atoms with van der Waals surface area (Å²) in [6.07, 6.45) is 1.57. The number of nitrogens with one attached hydrogen (secondary N) is 2. The normalized spacial score (nSPS) is 22.7. The molecule has 2 aliphatic rings. The van der Waals surface area contributed by atoms with E-state index < -0.39 is 6.17 Å². The molecule has 0 bridgehead atoms. The summed E-state index contributed by atoms with van der Waals surface area (Å²) in [5.41, 5.74) is 1.56. The summed E-state index contributed by atoms with van der Waals surface area (Å²) >= 11 is 0. The van der Waals surface area contributed by atoms with E-state index in [0.29, 0.717) is 13.0 Å². The van der Waals surface area contributed by atoms with Gasteiger partial charge < -0.3 is 20.1 Å². The Hall–Kier alpha value is -2.64. The average molecular weight is 376 g/mol. The van der Waals surface area contributed by atoms with E-state index in [9.17, 15) is 18.4 Å². The van der Waals surface area contributed by atoms with Crippen LogP contribution in [0.5, 0.6) is 0 Å². The molecule has 1 aromatic carbocycles. The monoisotopic (exact) mass is 376 g/mol. The molecule has 1 aliphatic heterocycles. The highest BCUT2D eigenvalue weighted by molar-refractivity contribution is 5.81. The molecule has 144 valence electrons. The molecule has 2 aromatic rings. The molecule has 1 aromatic heterocycles. The summed E-state index contributed by atoms with van der Waals surface area (Å²) in [4.78, 5) is 30.1. The third-order valence-electron chi connectivity index (χ3n) is 5.19. The van der Waals surface area contributed by atoms with Gasteiger partial charge in [-0.3, -0.25) is 4.79 Å². The van der Waals surface area contributed by atoms with Crippen molar-refractivity contribution in [2.45, 2.75) is 44.1 Å². The number of aromatic amines is 1. The molecule has 2 heterocycles. The Morgan fingerprint density at radius 1 is 1.30 bits per heavy atom. The first-order valence-electron chi connectivity index (χ1n) is 9.20. The van der Waals surface area contributed by atoms with Gasteiger partial charge in [-0.1, -0.05) is 0 Å². The molecule has 2 N–H and O–H groups in total. The van der Waals surface area contributed by atoms with Crippen LogP contribution in [0.2, 0.25) is 0 Å². The fourth-order valence-electron chi connectivity index (χ4n) is 3.84. The molecular formula is C19H22F2N4O2. The zero-order valence-electron chi connectivity index (χ0n) is 14.8. The highest BCUT2D eigenvalue weighted by Gasteiger charge is 2.41. The largest absolute Gasteiger partial charge is 0.357 e. The van der Waals surface area contributed by atoms with E-state index in [0.717, 1.165) is 29.4 Å². The van der Waals surface area contributed by atoms with E-state index in [1.807, 2.05) is 0 Å². The Morgan fingerprint density at radius 2 is 2.11 bits per heavy atom. The zero-order chi connectivity index (χ0) is 19.0. The van der Waals surface area contributed by atoms with Gasteiger partial charge in [0.05, 0.1) is 19.1 Å². The van der Waals surface area contributed by atoms with Crippen molar-refractivity contribution in [2.24, 2.45) is 0 Å². The van der Waals surface area contributed by atoms with Gasteiger partial charge in [-0.2, -0.15) is 0 Å². The maximum atomic E-state index is 14.0. The molecule has 4 rings (SSSR count). The molecule has 2 fully saturated rings. The molecular weight excluding hydrogens is 354 g/mol. The molecule has 1 saturated heterocycles. The first-order chi connectivity index (χ1) is 13.0. The van der Waals surface area contributed by atoms with E-state index in [1.165, 1.54) is 17.0 Å². The quantitative estimate of drug-likeness (QED) is 0.788. The number of benzene rings is 1. The van der Waals surface area contributed by atoms with Crippen LogP contribution in [0.1, 0.15) is 25.0 Å². The third kappa shape index (κ3) is 3.89. The minimum atomic E-state index is -1.12. The number of fused-ring (bicyclic) bond motifs is 1. The SMILES string of the molecule is O=CN1CC(F)CC(N(C(=O)NCc2cc3cc(F)ccc3[nH]2)C2CC2)C1. The van der Waals surface area contributed by atoms with Crippen LogP contribution in [0.15, 0.2) is 24.3 Å². The summed E-state index contributed by atoms with van der Waals surface area (Å²) in [6, 6.07) is 5.80. The maximum Gasteiger partial charge on any atom is 0.318 e. The first kappa shape index (κ1) is 17.8. The topological polar surface area (TPSA) is 68.4 Å². The fraction of sp³-hybridized carbons (Fsp3) is 0.474. The second-order valence-corrected chi connectivity index (χ2v) is 7.37. The summed E-state index contributed by atoms with van der Waals surface area (Å²) in [7, 11) is 0. The minimum absolute atomic E-state index is 0.0890. The number of likely N-dealkylation sites (tertiary alicyclic amines) is 1. The van der Waals surface area contributed by atoms with E-state index >= 15 is 0 Å². The van der Waals surface area contributed by atoms with Gasteiger partial charge in [-0.05, 0) is 37.1 Å². The van der Waals surface area contributed by atoms with E-state index in [4.69, 9.17) is 0 Å². The number of piperidine rings is 1. The number of aromatic nitrogens is 1. The van der Waals surface area contributed by atoms with Crippen LogP contribution >= 0.6 is 0 Å². The number of amides is 3. The van der Waals surface area contributed by atoms with Crippen molar-refractivity contribution in [3.63, 3.8) is 0 Å². The summed E-state index contributed by atoms with van der Waals surface area (Å²) in [5.74, 6) is -0.310. The number of carbonyl (C=O) groups is 2. The minimum Gasteiger partial charge on any atom is -0.357 e. The molecule has 3 amide bonds. The van der Waals surface area contributed by atoms with Crippen LogP contribution in [-0.2, 0) is 11.3 Å². The van der Waals surface area contributed by atoms with Gasteiger partial charge in [0.1, 0.15) is 12.0 Å². The van der Waals surface area contributed by atoms with E-state index in [1.54, 1.807) is 17.0 Å². The highest BCUT2D eigenvalue weighted by atomic mass is 19.1. The average Bonchev–Trinajstić information content (AvgIpc) is 3.38. The molecule has 1 saturated carbocycles. The lowest BCUT2D eigenvalue weighted by Gasteiger charge is -2.39. The van der Waals surface area contributed by atoms with Crippen molar-refractivity contribution < 1.29 is 18.4 Å². The van der Waals surface area contributed by atoms with Crippen LogP contribution in [0.3, 0.4) is 0 Å². The van der Waals surface area contributed by atoms with Crippen LogP contribution in [0.25, 0.3) is 10.9 Å². The number of nitrogens with zero attached hydrogens (tertiary/aromatic N) is 2. The van der Waals surface area contributed by atoms with Gasteiger partial charge in [-0.15, -0.1) is 0 Å². The lowest BCUT2D eigenvalue weighted by molar-refractivity contribution is -0.121. The van der Waals surface area contributed by atoms with Crippen molar-refractivity contribution in [1.82, 2.24) is 20.1 Å². The summed E-state index contributed by atoms with van der Waals surface area (Å²) in [5, 5.41) is 3.62. The van der Waals surface area contributed by atoms with Crippen molar-refractivity contribution in [2.75, 3.05) is 13.1 Å². The van der Waals surface area contributed by atoms with Gasteiger partial charge in [0, 0.05) is 35.6 Å². The Morgan fingerprint density at radius 3 is 2.85 bits per heavy atom. The molecule has 27 heavy (non-hydrogen) atoms. The van der Waals surface area contributed by atoms with E-state index in [2.05, 4.69) is 10.3 Å². The van der Waals surface area contributed by atoms with Gasteiger partial charge in [0.25, 0.3) is 0 Å². The number of H-pyrrole nitrogens is 1. The number of hydrogen-bond donors (Lipinski definition) is 2. The Kier molecular flexibility index (Phi) is 4.72. The van der Waals surface area contributed by atoms with Gasteiger partial charge >= 0.3 is 6.03 Å². The second-order valence-electron chi connectivity index (χ2n) is 7.37. The Bertz CT molecular complexity index is 851. The number of urea groups is 1. The first-order valence-corrected chi connectivity index (χ1v) is 9.20. The maximum absolute atomic E-state index is 14.0. The molecule has 0 spiro atoms. The van der Waals surface area contributed by atoms with Gasteiger partial charge in [0.2, 0.25) is 6.41 Å². The smallest absolute Gasteiger partial charge is 0.318 e. The highest BCUT2D eigenvalue weighted by Crippen LogP contribution is 2.32. The molecule has 6 nitrogen and oxygen atoms in total. The zero-order valence-corrected chi connectivity index (χ0v) is 14.8. The van der Waals surface area contributed by atoms with Crippen molar-refractivity contribution >= 4 is 23.3 Å². The molecule has 0 radical (unpaired) electrons. The predicted octanol–water partition coefficient (Wildman–Crippen LogP) is 2.55. The Balaban J connectivity index is 1.43. The summed E-state index contributed by atoms with van der Waals surface area (Å²) < 4.78 is 27.3. The number of hydrogen-bond acceptors (Lipinski definition) is 2. The number of halogens is 2. The second kappa shape index (κ2) is 7.17.